The molecule has 0 radical (unpaired) electrons. The molecule has 13 nitrogen and oxygen atoms in total. The van der Waals surface area contributed by atoms with E-state index >= 15 is 0 Å². The number of aromatic nitrogens is 2. The second-order valence-electron chi connectivity index (χ2n) is 8.73. The molecule has 2 rings (SSSR count). The molecule has 37 heavy (non-hydrogen) atoms. The molecule has 0 aliphatic heterocycles. The maximum atomic E-state index is 13.1. The summed E-state index contributed by atoms with van der Waals surface area (Å²) in [6, 6.07) is 1.74. The highest BCUT2D eigenvalue weighted by atomic mass is 16.4. The number of H-pyrrole nitrogens is 1. The van der Waals surface area contributed by atoms with Crippen molar-refractivity contribution >= 4 is 23.7 Å². The molecule has 0 saturated carbocycles. The summed E-state index contributed by atoms with van der Waals surface area (Å²) in [5.41, 5.74) is 12.4. The van der Waals surface area contributed by atoms with Crippen molar-refractivity contribution in [1.29, 1.82) is 0 Å². The SMILES string of the molecule is CC(NC(=O)C(N)CCCCN)C(=O)NC(Cc1ccc(O)cc1)C(=O)NC(Cc1cnc[nH]1)C(=O)O. The second kappa shape index (κ2) is 14.6. The minimum atomic E-state index is -1.28. The number of aromatic amines is 1. The van der Waals surface area contributed by atoms with Crippen molar-refractivity contribution in [2.45, 2.75) is 63.2 Å². The average Bonchev–Trinajstić information content (AvgIpc) is 3.37. The van der Waals surface area contributed by atoms with E-state index in [0.717, 1.165) is 6.42 Å². The zero-order valence-electron chi connectivity index (χ0n) is 20.6. The minimum absolute atomic E-state index is 0.00746. The number of unbranched alkanes of at least 4 members (excludes halogenated alkanes) is 1. The molecule has 1 aromatic heterocycles. The zero-order chi connectivity index (χ0) is 27.4. The monoisotopic (exact) mass is 517 g/mol. The smallest absolute Gasteiger partial charge is 0.326 e. The molecule has 1 heterocycles. The predicted octanol–water partition coefficient (Wildman–Crippen LogP) is -1.08. The third-order valence-corrected chi connectivity index (χ3v) is 5.66. The van der Waals surface area contributed by atoms with Crippen molar-refractivity contribution in [2.75, 3.05) is 6.54 Å². The first kappa shape index (κ1) is 29.3. The number of hydrogen-bond acceptors (Lipinski definition) is 8. The molecule has 0 aliphatic rings. The molecule has 0 aliphatic carbocycles. The number of phenols is 1. The average molecular weight is 518 g/mol. The highest BCUT2D eigenvalue weighted by Gasteiger charge is 2.29. The van der Waals surface area contributed by atoms with Crippen LogP contribution >= 0.6 is 0 Å². The van der Waals surface area contributed by atoms with E-state index in [1.165, 1.54) is 31.6 Å². The number of hydrogen-bond donors (Lipinski definition) is 8. The summed E-state index contributed by atoms with van der Waals surface area (Å²) < 4.78 is 0. The largest absolute Gasteiger partial charge is 0.508 e. The van der Waals surface area contributed by atoms with Gasteiger partial charge in [-0.25, -0.2) is 9.78 Å². The number of phenolic OH excluding ortho intramolecular Hbond substituents is 1. The van der Waals surface area contributed by atoms with Gasteiger partial charge in [0.25, 0.3) is 0 Å². The maximum absolute atomic E-state index is 13.1. The Labute approximate surface area is 214 Å². The van der Waals surface area contributed by atoms with E-state index < -0.39 is 47.9 Å². The number of nitrogens with zero attached hydrogens (tertiary/aromatic N) is 1. The van der Waals surface area contributed by atoms with E-state index in [4.69, 9.17) is 11.5 Å². The fraction of sp³-hybridized carbons (Fsp3) is 0.458. The van der Waals surface area contributed by atoms with Crippen molar-refractivity contribution in [3.05, 3.63) is 48.0 Å². The number of carboxylic acids is 1. The molecule has 4 unspecified atom stereocenters. The molecule has 4 atom stereocenters. The highest BCUT2D eigenvalue weighted by molar-refractivity contribution is 5.94. The molecule has 10 N–H and O–H groups in total. The number of nitrogens with one attached hydrogen (secondary N) is 4. The van der Waals surface area contributed by atoms with Crippen molar-refractivity contribution in [1.82, 2.24) is 25.9 Å². The Hall–Kier alpha value is -3.97. The first-order valence-corrected chi connectivity index (χ1v) is 12.0. The van der Waals surface area contributed by atoms with Gasteiger partial charge in [-0.2, -0.15) is 0 Å². The Morgan fingerprint density at radius 3 is 2.24 bits per heavy atom. The van der Waals surface area contributed by atoms with Gasteiger partial charge >= 0.3 is 5.97 Å². The van der Waals surface area contributed by atoms with Crippen LogP contribution in [0.2, 0.25) is 0 Å². The summed E-state index contributed by atoms with van der Waals surface area (Å²) >= 11 is 0. The van der Waals surface area contributed by atoms with Crippen LogP contribution in [0.1, 0.15) is 37.4 Å². The normalized spacial score (nSPS) is 14.1. The van der Waals surface area contributed by atoms with Crippen LogP contribution in [-0.2, 0) is 32.0 Å². The summed E-state index contributed by atoms with van der Waals surface area (Å²) in [5, 5.41) is 26.7. The van der Waals surface area contributed by atoms with Gasteiger partial charge in [0.2, 0.25) is 17.7 Å². The van der Waals surface area contributed by atoms with Crippen LogP contribution in [0, 0.1) is 0 Å². The Bertz CT molecular complexity index is 1030. The number of imidazole rings is 1. The lowest BCUT2D eigenvalue weighted by Gasteiger charge is -2.24. The number of rotatable bonds is 15. The molecule has 0 spiro atoms. The lowest BCUT2D eigenvalue weighted by Crippen LogP contribution is -2.57. The lowest BCUT2D eigenvalue weighted by atomic mass is 10.0. The van der Waals surface area contributed by atoms with Gasteiger partial charge in [-0.1, -0.05) is 18.6 Å². The number of aliphatic carboxylic acids is 1. The fourth-order valence-corrected chi connectivity index (χ4v) is 3.49. The van der Waals surface area contributed by atoms with Gasteiger partial charge < -0.3 is 42.6 Å². The molecule has 13 heteroatoms. The van der Waals surface area contributed by atoms with Gasteiger partial charge in [-0.3, -0.25) is 14.4 Å². The van der Waals surface area contributed by atoms with Crippen LogP contribution in [0.15, 0.2) is 36.8 Å². The minimum Gasteiger partial charge on any atom is -0.508 e. The van der Waals surface area contributed by atoms with Crippen LogP contribution in [0.3, 0.4) is 0 Å². The van der Waals surface area contributed by atoms with Gasteiger partial charge in [0.1, 0.15) is 23.9 Å². The van der Waals surface area contributed by atoms with Gasteiger partial charge in [0, 0.05) is 24.7 Å². The van der Waals surface area contributed by atoms with Crippen LogP contribution in [-0.4, -0.2) is 74.6 Å². The molecule has 1 aromatic carbocycles. The van der Waals surface area contributed by atoms with E-state index in [1.807, 2.05) is 0 Å². The Morgan fingerprint density at radius 1 is 0.973 bits per heavy atom. The van der Waals surface area contributed by atoms with Crippen molar-refractivity contribution < 1.29 is 29.4 Å². The van der Waals surface area contributed by atoms with E-state index in [-0.39, 0.29) is 18.6 Å². The third kappa shape index (κ3) is 9.89. The van der Waals surface area contributed by atoms with Crippen molar-refractivity contribution in [3.8, 4) is 5.75 Å². The molecule has 2 aromatic rings. The predicted molar refractivity (Wildman–Crippen MR) is 134 cm³/mol. The van der Waals surface area contributed by atoms with Gasteiger partial charge in [-0.05, 0) is 44.0 Å². The van der Waals surface area contributed by atoms with Crippen LogP contribution < -0.4 is 27.4 Å². The Morgan fingerprint density at radius 2 is 1.65 bits per heavy atom. The van der Waals surface area contributed by atoms with E-state index in [9.17, 15) is 29.4 Å². The molecular formula is C24H35N7O6. The molecule has 0 saturated heterocycles. The zero-order valence-corrected chi connectivity index (χ0v) is 20.6. The van der Waals surface area contributed by atoms with Gasteiger partial charge in [0.05, 0.1) is 12.4 Å². The third-order valence-electron chi connectivity index (χ3n) is 5.66. The number of amides is 3. The molecule has 0 fully saturated rings. The van der Waals surface area contributed by atoms with Gasteiger partial charge in [0.15, 0.2) is 0 Å². The molecule has 0 bridgehead atoms. The Kier molecular flexibility index (Phi) is 11.5. The fourth-order valence-electron chi connectivity index (χ4n) is 3.49. The maximum Gasteiger partial charge on any atom is 0.326 e. The number of carbonyl (C=O) groups excluding carboxylic acids is 3. The highest BCUT2D eigenvalue weighted by Crippen LogP contribution is 2.12. The standard InChI is InChI=1S/C24H35N7O6/c1-14(29-22(34)18(26)4-2-3-9-25)21(33)30-19(10-15-5-7-17(32)8-6-15)23(35)31-20(24(36)37)11-16-12-27-13-28-16/h5-8,12-14,18-20,32H,2-4,9-11,25-26H2,1H3,(H,27,28)(H,29,34)(H,30,33)(H,31,35)(H,36,37). The van der Waals surface area contributed by atoms with E-state index in [2.05, 4.69) is 25.9 Å². The number of benzene rings is 1. The van der Waals surface area contributed by atoms with Gasteiger partial charge in [-0.15, -0.1) is 0 Å². The van der Waals surface area contributed by atoms with E-state index in [1.54, 1.807) is 12.1 Å². The number of nitrogens with two attached hydrogens (primary N) is 2. The lowest BCUT2D eigenvalue weighted by molar-refractivity contribution is -0.142. The first-order valence-electron chi connectivity index (χ1n) is 12.0. The quantitative estimate of drug-likeness (QED) is 0.134. The first-order chi connectivity index (χ1) is 17.6. The molecule has 202 valence electrons. The summed E-state index contributed by atoms with van der Waals surface area (Å²) in [6.07, 6.45) is 4.61. The van der Waals surface area contributed by atoms with Crippen LogP contribution in [0.5, 0.6) is 5.75 Å². The van der Waals surface area contributed by atoms with E-state index in [0.29, 0.717) is 30.6 Å². The number of carboxylic acid groups (broad SMARTS) is 1. The summed E-state index contributed by atoms with van der Waals surface area (Å²) in [6.45, 7) is 1.94. The van der Waals surface area contributed by atoms with Crippen molar-refractivity contribution in [2.24, 2.45) is 11.5 Å². The van der Waals surface area contributed by atoms with Crippen molar-refractivity contribution in [3.63, 3.8) is 0 Å². The summed E-state index contributed by atoms with van der Waals surface area (Å²) in [4.78, 5) is 56.7. The number of carbonyl (C=O) groups is 4. The Balaban J connectivity index is 2.10. The van der Waals surface area contributed by atoms with Crippen LogP contribution in [0.4, 0.5) is 0 Å². The summed E-state index contributed by atoms with van der Waals surface area (Å²) in [7, 11) is 0. The topological polar surface area (TPSA) is 226 Å². The molecular weight excluding hydrogens is 482 g/mol. The molecule has 3 amide bonds. The number of aromatic hydroxyl groups is 1. The summed E-state index contributed by atoms with van der Waals surface area (Å²) in [5.74, 6) is -3.13. The van der Waals surface area contributed by atoms with Crippen LogP contribution in [0.25, 0.3) is 0 Å². The second-order valence-corrected chi connectivity index (χ2v) is 8.73.